The van der Waals surface area contributed by atoms with Crippen LogP contribution in [-0.2, 0) is 4.74 Å². The van der Waals surface area contributed by atoms with E-state index < -0.39 is 0 Å². The summed E-state index contributed by atoms with van der Waals surface area (Å²) in [5.74, 6) is 0. The Morgan fingerprint density at radius 1 is 1.83 bits per heavy atom. The molecule has 0 saturated carbocycles. The van der Waals surface area contributed by atoms with Gasteiger partial charge in [-0.15, -0.1) is 0 Å². The lowest BCUT2D eigenvalue weighted by molar-refractivity contribution is 0.166. The lowest BCUT2D eigenvalue weighted by atomic mass is 10.8. The first-order valence-corrected chi connectivity index (χ1v) is 1.67. The SMILES string of the molecule is [CH]=COCCO. The summed E-state index contributed by atoms with van der Waals surface area (Å²) in [6.07, 6.45) is 1.05. The molecular weight excluding hydrogens is 80.0 g/mol. The minimum Gasteiger partial charge on any atom is -0.499 e. The van der Waals surface area contributed by atoms with E-state index in [1.54, 1.807) is 0 Å². The third-order valence-corrected chi connectivity index (χ3v) is 0.305. The van der Waals surface area contributed by atoms with Crippen LogP contribution < -0.4 is 0 Å². The van der Waals surface area contributed by atoms with Crippen molar-refractivity contribution in [2.75, 3.05) is 13.2 Å². The topological polar surface area (TPSA) is 29.5 Å². The zero-order valence-electron chi connectivity index (χ0n) is 3.42. The third-order valence-electron chi connectivity index (χ3n) is 0.305. The molecule has 6 heavy (non-hydrogen) atoms. The van der Waals surface area contributed by atoms with E-state index in [4.69, 9.17) is 11.7 Å². The van der Waals surface area contributed by atoms with Gasteiger partial charge in [-0.05, 0) is 6.58 Å². The fraction of sp³-hybridized carbons (Fsp3) is 0.500. The third kappa shape index (κ3) is 3.50. The maximum absolute atomic E-state index is 8.00. The summed E-state index contributed by atoms with van der Waals surface area (Å²) in [7, 11) is 0. The Bertz CT molecular complexity index is 34.5. The minimum absolute atomic E-state index is 0.0215. The van der Waals surface area contributed by atoms with Crippen molar-refractivity contribution in [3.63, 3.8) is 0 Å². The predicted molar refractivity (Wildman–Crippen MR) is 21.9 cm³/mol. The Balaban J connectivity index is 2.49. The van der Waals surface area contributed by atoms with Crippen molar-refractivity contribution >= 4 is 0 Å². The van der Waals surface area contributed by atoms with Crippen molar-refractivity contribution in [1.29, 1.82) is 0 Å². The molecule has 0 aliphatic rings. The smallest absolute Gasteiger partial charge is 0.110 e. The van der Waals surface area contributed by atoms with Gasteiger partial charge in [-0.2, -0.15) is 0 Å². The van der Waals surface area contributed by atoms with Crippen LogP contribution in [0.1, 0.15) is 0 Å². The standard InChI is InChI=1S/C4H7O2/c1-2-6-4-3-5/h1-2,5H,3-4H2. The first-order valence-electron chi connectivity index (χ1n) is 1.67. The maximum Gasteiger partial charge on any atom is 0.110 e. The molecule has 35 valence electrons. The summed E-state index contributed by atoms with van der Waals surface area (Å²) in [4.78, 5) is 0. The second-order valence-electron chi connectivity index (χ2n) is 0.730. The van der Waals surface area contributed by atoms with E-state index in [1.807, 2.05) is 0 Å². The second-order valence-corrected chi connectivity index (χ2v) is 0.730. The summed E-state index contributed by atoms with van der Waals surface area (Å²) in [6.45, 7) is 5.07. The average Bonchev–Trinajstić information content (AvgIpc) is 1.61. The lowest BCUT2D eigenvalue weighted by Gasteiger charge is -1.89. The van der Waals surface area contributed by atoms with Crippen molar-refractivity contribution in [3.05, 3.63) is 12.8 Å². The van der Waals surface area contributed by atoms with Crippen LogP contribution in [0.3, 0.4) is 0 Å². The molecule has 2 heteroatoms. The van der Waals surface area contributed by atoms with Gasteiger partial charge in [0.2, 0.25) is 0 Å². The van der Waals surface area contributed by atoms with E-state index >= 15 is 0 Å². The molecule has 0 atom stereocenters. The van der Waals surface area contributed by atoms with Crippen LogP contribution in [0.5, 0.6) is 0 Å². The van der Waals surface area contributed by atoms with Crippen molar-refractivity contribution < 1.29 is 9.84 Å². The molecular formula is C4H7O2. The van der Waals surface area contributed by atoms with E-state index in [0.717, 1.165) is 6.26 Å². The van der Waals surface area contributed by atoms with E-state index in [-0.39, 0.29) is 13.2 Å². The van der Waals surface area contributed by atoms with E-state index in [1.165, 1.54) is 0 Å². The van der Waals surface area contributed by atoms with Gasteiger partial charge in [-0.25, -0.2) is 0 Å². The maximum atomic E-state index is 8.00. The van der Waals surface area contributed by atoms with Crippen LogP contribution in [0.25, 0.3) is 0 Å². The first kappa shape index (κ1) is 5.50. The normalized spacial score (nSPS) is 7.50. The molecule has 0 bridgehead atoms. The number of hydrogen-bond donors (Lipinski definition) is 1. The van der Waals surface area contributed by atoms with Crippen LogP contribution in [0.4, 0.5) is 0 Å². The molecule has 0 aliphatic heterocycles. The van der Waals surface area contributed by atoms with Crippen LogP contribution in [0, 0.1) is 6.58 Å². The highest BCUT2D eigenvalue weighted by Gasteiger charge is 1.69. The molecule has 0 aromatic heterocycles. The molecule has 0 amide bonds. The second kappa shape index (κ2) is 4.50. The molecule has 0 aromatic rings. The van der Waals surface area contributed by atoms with Crippen LogP contribution >= 0.6 is 0 Å². The highest BCUT2D eigenvalue weighted by Crippen LogP contribution is 1.66. The van der Waals surface area contributed by atoms with Gasteiger partial charge in [0.1, 0.15) is 6.61 Å². The van der Waals surface area contributed by atoms with Gasteiger partial charge in [0.25, 0.3) is 0 Å². The van der Waals surface area contributed by atoms with Crippen LogP contribution in [-0.4, -0.2) is 18.3 Å². The number of hydrogen-bond acceptors (Lipinski definition) is 2. The van der Waals surface area contributed by atoms with Gasteiger partial charge in [-0.3, -0.25) is 0 Å². The monoisotopic (exact) mass is 87.0 g/mol. The molecule has 0 spiro atoms. The van der Waals surface area contributed by atoms with E-state index in [0.29, 0.717) is 0 Å². The zero-order chi connectivity index (χ0) is 4.83. The lowest BCUT2D eigenvalue weighted by Crippen LogP contribution is -1.90. The minimum atomic E-state index is 0.0215. The molecule has 1 radical (unpaired) electrons. The molecule has 0 aliphatic carbocycles. The first-order chi connectivity index (χ1) is 2.91. The molecule has 0 fully saturated rings. The van der Waals surface area contributed by atoms with Crippen LogP contribution in [0.2, 0.25) is 0 Å². The van der Waals surface area contributed by atoms with Gasteiger partial charge < -0.3 is 9.84 Å². The van der Waals surface area contributed by atoms with Crippen LogP contribution in [0.15, 0.2) is 6.26 Å². The molecule has 1 N–H and O–H groups in total. The van der Waals surface area contributed by atoms with Crippen molar-refractivity contribution in [1.82, 2.24) is 0 Å². The summed E-state index contributed by atoms with van der Waals surface area (Å²) >= 11 is 0. The van der Waals surface area contributed by atoms with Gasteiger partial charge >= 0.3 is 0 Å². The highest BCUT2D eigenvalue weighted by atomic mass is 16.5. The average molecular weight is 87.1 g/mol. The van der Waals surface area contributed by atoms with Crippen molar-refractivity contribution in [3.8, 4) is 0 Å². The Morgan fingerprint density at radius 3 is 2.67 bits per heavy atom. The van der Waals surface area contributed by atoms with Crippen molar-refractivity contribution in [2.24, 2.45) is 0 Å². The molecule has 0 rings (SSSR count). The quantitative estimate of drug-likeness (QED) is 0.386. The van der Waals surface area contributed by atoms with E-state index in [9.17, 15) is 0 Å². The fourth-order valence-electron chi connectivity index (χ4n) is 0.121. The molecule has 0 unspecified atom stereocenters. The summed E-state index contributed by atoms with van der Waals surface area (Å²) in [5.41, 5.74) is 0. The summed E-state index contributed by atoms with van der Waals surface area (Å²) in [5, 5.41) is 8.00. The number of aliphatic hydroxyl groups is 1. The van der Waals surface area contributed by atoms with Gasteiger partial charge in [0.15, 0.2) is 0 Å². The predicted octanol–water partition coefficient (Wildman–Crippen LogP) is -0.0580. The van der Waals surface area contributed by atoms with E-state index in [2.05, 4.69) is 4.74 Å². The number of rotatable bonds is 3. The fourth-order valence-corrected chi connectivity index (χ4v) is 0.121. The molecule has 0 aromatic carbocycles. The Hall–Kier alpha value is -0.500. The van der Waals surface area contributed by atoms with Gasteiger partial charge in [0, 0.05) is 0 Å². The zero-order valence-corrected chi connectivity index (χ0v) is 3.42. The van der Waals surface area contributed by atoms with Gasteiger partial charge in [0.05, 0.1) is 12.9 Å². The summed E-state index contributed by atoms with van der Waals surface area (Å²) in [6, 6.07) is 0. The summed E-state index contributed by atoms with van der Waals surface area (Å²) < 4.78 is 4.39. The van der Waals surface area contributed by atoms with Crippen molar-refractivity contribution in [2.45, 2.75) is 0 Å². The number of ether oxygens (including phenoxy) is 1. The largest absolute Gasteiger partial charge is 0.499 e. The highest BCUT2D eigenvalue weighted by molar-refractivity contribution is 4.40. The molecule has 0 heterocycles. The molecule has 2 nitrogen and oxygen atoms in total. The van der Waals surface area contributed by atoms with Gasteiger partial charge in [-0.1, -0.05) is 0 Å². The molecule has 0 saturated heterocycles. The number of aliphatic hydroxyl groups excluding tert-OH is 1. The Labute approximate surface area is 37.1 Å². The Morgan fingerprint density at radius 2 is 2.50 bits per heavy atom. The Kier molecular flexibility index (Phi) is 4.12.